The molecule has 0 saturated carbocycles. The molecule has 0 spiro atoms. The number of carbonyl (C=O) groups excluding carboxylic acids is 1. The molecule has 3 N–H and O–H groups in total. The van der Waals surface area contributed by atoms with Gasteiger partial charge in [-0.2, -0.15) is 0 Å². The molecule has 0 bridgehead atoms. The van der Waals surface area contributed by atoms with Crippen molar-refractivity contribution < 1.29 is 14.3 Å². The average molecular weight is 280 g/mol. The minimum atomic E-state index is -0.575. The van der Waals surface area contributed by atoms with Gasteiger partial charge in [0, 0.05) is 13.1 Å². The van der Waals surface area contributed by atoms with Crippen molar-refractivity contribution in [2.75, 3.05) is 13.7 Å². The maximum atomic E-state index is 11.9. The Labute approximate surface area is 120 Å². The summed E-state index contributed by atoms with van der Waals surface area (Å²) >= 11 is 0. The van der Waals surface area contributed by atoms with Crippen LogP contribution in [0.2, 0.25) is 0 Å². The molecule has 1 atom stereocenters. The van der Waals surface area contributed by atoms with Crippen molar-refractivity contribution in [1.29, 1.82) is 0 Å². The molecule has 0 aliphatic rings. The minimum absolute atomic E-state index is 0.126. The third-order valence-electron chi connectivity index (χ3n) is 2.97. The summed E-state index contributed by atoms with van der Waals surface area (Å²) in [7, 11) is 1.57. The van der Waals surface area contributed by atoms with Gasteiger partial charge in [-0.1, -0.05) is 19.4 Å². The van der Waals surface area contributed by atoms with E-state index in [1.54, 1.807) is 26.2 Å². The van der Waals surface area contributed by atoms with Gasteiger partial charge in [0.15, 0.2) is 17.6 Å². The Morgan fingerprint density at radius 2 is 2.15 bits per heavy atom. The van der Waals surface area contributed by atoms with Crippen molar-refractivity contribution in [1.82, 2.24) is 5.32 Å². The summed E-state index contributed by atoms with van der Waals surface area (Å²) in [5.74, 6) is 1.00. The SMILES string of the molecule is CCCCNC(=O)C(C)Oc1cc(CN)ccc1OC. The van der Waals surface area contributed by atoms with Crippen LogP contribution in [0.5, 0.6) is 11.5 Å². The number of hydrogen-bond donors (Lipinski definition) is 2. The van der Waals surface area contributed by atoms with Gasteiger partial charge in [0.2, 0.25) is 0 Å². The number of ether oxygens (including phenoxy) is 2. The van der Waals surface area contributed by atoms with E-state index in [1.165, 1.54) is 0 Å². The van der Waals surface area contributed by atoms with Gasteiger partial charge in [-0.3, -0.25) is 4.79 Å². The van der Waals surface area contributed by atoms with Gasteiger partial charge in [-0.25, -0.2) is 0 Å². The fourth-order valence-corrected chi connectivity index (χ4v) is 1.72. The molecule has 0 aliphatic heterocycles. The summed E-state index contributed by atoms with van der Waals surface area (Å²) in [6, 6.07) is 5.46. The molecule has 1 amide bonds. The summed E-state index contributed by atoms with van der Waals surface area (Å²) in [4.78, 5) is 11.9. The predicted octanol–water partition coefficient (Wildman–Crippen LogP) is 1.84. The van der Waals surface area contributed by atoms with Crippen LogP contribution in [-0.4, -0.2) is 25.7 Å². The number of carbonyl (C=O) groups is 1. The number of nitrogens with two attached hydrogens (primary N) is 1. The summed E-state index contributed by atoms with van der Waals surface area (Å²) in [5.41, 5.74) is 6.54. The summed E-state index contributed by atoms with van der Waals surface area (Å²) in [6.07, 6.45) is 1.43. The van der Waals surface area contributed by atoms with E-state index in [0.29, 0.717) is 24.6 Å². The molecule has 5 heteroatoms. The number of amides is 1. The highest BCUT2D eigenvalue weighted by molar-refractivity contribution is 5.80. The van der Waals surface area contributed by atoms with Crippen LogP contribution in [0, 0.1) is 0 Å². The van der Waals surface area contributed by atoms with Gasteiger partial charge in [-0.05, 0) is 31.0 Å². The van der Waals surface area contributed by atoms with E-state index in [-0.39, 0.29) is 5.91 Å². The van der Waals surface area contributed by atoms with E-state index in [2.05, 4.69) is 12.2 Å². The zero-order valence-corrected chi connectivity index (χ0v) is 12.4. The van der Waals surface area contributed by atoms with E-state index >= 15 is 0 Å². The molecule has 1 aromatic rings. The van der Waals surface area contributed by atoms with Gasteiger partial charge in [-0.15, -0.1) is 0 Å². The number of unbranched alkanes of at least 4 members (excludes halogenated alkanes) is 1. The Balaban J connectivity index is 2.68. The molecular weight excluding hydrogens is 256 g/mol. The van der Waals surface area contributed by atoms with Gasteiger partial charge in [0.1, 0.15) is 0 Å². The maximum absolute atomic E-state index is 11.9. The Bertz CT molecular complexity index is 435. The van der Waals surface area contributed by atoms with Crippen LogP contribution in [0.1, 0.15) is 32.3 Å². The number of benzene rings is 1. The molecular formula is C15H24N2O3. The van der Waals surface area contributed by atoms with Crippen molar-refractivity contribution >= 4 is 5.91 Å². The molecule has 0 fully saturated rings. The van der Waals surface area contributed by atoms with E-state index in [4.69, 9.17) is 15.2 Å². The Hall–Kier alpha value is -1.75. The van der Waals surface area contributed by atoms with Crippen molar-refractivity contribution in [3.63, 3.8) is 0 Å². The van der Waals surface area contributed by atoms with Gasteiger partial charge < -0.3 is 20.5 Å². The molecule has 0 radical (unpaired) electrons. The lowest BCUT2D eigenvalue weighted by Crippen LogP contribution is -2.36. The van der Waals surface area contributed by atoms with Gasteiger partial charge >= 0.3 is 0 Å². The standard InChI is InChI=1S/C15H24N2O3/c1-4-5-8-17-15(18)11(2)20-14-9-12(10-16)6-7-13(14)19-3/h6-7,9,11H,4-5,8,10,16H2,1-3H3,(H,17,18). The first-order chi connectivity index (χ1) is 9.62. The first-order valence-electron chi connectivity index (χ1n) is 6.93. The lowest BCUT2D eigenvalue weighted by atomic mass is 10.2. The molecule has 0 saturated heterocycles. The third kappa shape index (κ3) is 4.74. The third-order valence-corrected chi connectivity index (χ3v) is 2.97. The van der Waals surface area contributed by atoms with E-state index in [0.717, 1.165) is 18.4 Å². The Morgan fingerprint density at radius 3 is 2.75 bits per heavy atom. The molecule has 5 nitrogen and oxygen atoms in total. The average Bonchev–Trinajstić information content (AvgIpc) is 2.47. The quantitative estimate of drug-likeness (QED) is 0.713. The fourth-order valence-electron chi connectivity index (χ4n) is 1.72. The van der Waals surface area contributed by atoms with E-state index in [1.807, 2.05) is 6.07 Å². The first kappa shape index (κ1) is 16.3. The number of nitrogens with one attached hydrogen (secondary N) is 1. The van der Waals surface area contributed by atoms with E-state index in [9.17, 15) is 4.79 Å². The maximum Gasteiger partial charge on any atom is 0.260 e. The topological polar surface area (TPSA) is 73.6 Å². The smallest absolute Gasteiger partial charge is 0.260 e. The Kier molecular flexibility index (Phi) is 6.87. The van der Waals surface area contributed by atoms with Gasteiger partial charge in [0.05, 0.1) is 7.11 Å². The van der Waals surface area contributed by atoms with Crippen molar-refractivity contribution in [3.05, 3.63) is 23.8 Å². The van der Waals surface area contributed by atoms with Gasteiger partial charge in [0.25, 0.3) is 5.91 Å². The van der Waals surface area contributed by atoms with Crippen LogP contribution in [0.4, 0.5) is 0 Å². The zero-order valence-electron chi connectivity index (χ0n) is 12.4. The normalized spacial score (nSPS) is 11.8. The highest BCUT2D eigenvalue weighted by atomic mass is 16.5. The fraction of sp³-hybridized carbons (Fsp3) is 0.533. The second kappa shape index (κ2) is 8.43. The second-order valence-electron chi connectivity index (χ2n) is 4.59. The van der Waals surface area contributed by atoms with Crippen LogP contribution in [0.25, 0.3) is 0 Å². The highest BCUT2D eigenvalue weighted by Crippen LogP contribution is 2.28. The molecule has 20 heavy (non-hydrogen) atoms. The second-order valence-corrected chi connectivity index (χ2v) is 4.59. The van der Waals surface area contributed by atoms with Crippen molar-refractivity contribution in [3.8, 4) is 11.5 Å². The summed E-state index contributed by atoms with van der Waals surface area (Å²) < 4.78 is 10.9. The minimum Gasteiger partial charge on any atom is -0.493 e. The molecule has 112 valence electrons. The molecule has 0 aromatic heterocycles. The molecule has 1 unspecified atom stereocenters. The van der Waals surface area contributed by atoms with Crippen molar-refractivity contribution in [2.45, 2.75) is 39.3 Å². The Morgan fingerprint density at radius 1 is 1.40 bits per heavy atom. The molecule has 0 heterocycles. The number of hydrogen-bond acceptors (Lipinski definition) is 4. The lowest BCUT2D eigenvalue weighted by molar-refractivity contribution is -0.127. The highest BCUT2D eigenvalue weighted by Gasteiger charge is 2.16. The van der Waals surface area contributed by atoms with Crippen LogP contribution >= 0.6 is 0 Å². The monoisotopic (exact) mass is 280 g/mol. The zero-order chi connectivity index (χ0) is 15.0. The largest absolute Gasteiger partial charge is 0.493 e. The van der Waals surface area contributed by atoms with Crippen LogP contribution in [-0.2, 0) is 11.3 Å². The van der Waals surface area contributed by atoms with Crippen LogP contribution in [0.3, 0.4) is 0 Å². The molecule has 1 aromatic carbocycles. The lowest BCUT2D eigenvalue weighted by Gasteiger charge is -2.17. The summed E-state index contributed by atoms with van der Waals surface area (Å²) in [5, 5.41) is 2.84. The van der Waals surface area contributed by atoms with Crippen LogP contribution in [0.15, 0.2) is 18.2 Å². The summed E-state index contributed by atoms with van der Waals surface area (Å²) in [6.45, 7) is 4.88. The van der Waals surface area contributed by atoms with Crippen LogP contribution < -0.4 is 20.5 Å². The predicted molar refractivity (Wildman–Crippen MR) is 78.9 cm³/mol. The first-order valence-corrected chi connectivity index (χ1v) is 6.93. The van der Waals surface area contributed by atoms with E-state index < -0.39 is 6.10 Å². The number of methoxy groups -OCH3 is 1. The molecule has 0 aliphatic carbocycles. The number of rotatable bonds is 8. The molecule has 1 rings (SSSR count). The van der Waals surface area contributed by atoms with Crippen molar-refractivity contribution in [2.24, 2.45) is 5.73 Å².